The molecule has 4 heteroatoms. The molecule has 1 rings (SSSR count). The van der Waals surface area contributed by atoms with Gasteiger partial charge < -0.3 is 5.11 Å². The molecule has 1 aromatic rings. The van der Waals surface area contributed by atoms with Crippen LogP contribution >= 0.6 is 34.2 Å². The molecule has 0 amide bonds. The van der Waals surface area contributed by atoms with Gasteiger partial charge in [0.25, 0.3) is 0 Å². The Bertz CT molecular complexity index is 325. The maximum Gasteiger partial charge on any atom is 0.165 e. The Morgan fingerprint density at radius 1 is 1.54 bits per heavy atom. The van der Waals surface area contributed by atoms with Crippen LogP contribution in [0.5, 0.6) is 5.75 Å². The second-order valence-corrected chi connectivity index (χ2v) is 4.07. The zero-order valence-corrected chi connectivity index (χ0v) is 9.67. The number of halogens is 2. The van der Waals surface area contributed by atoms with Gasteiger partial charge in [0.2, 0.25) is 0 Å². The molecular weight excluding hydrogens is 302 g/mol. The largest absolute Gasteiger partial charge is 0.508 e. The Balaban J connectivity index is 2.99. The van der Waals surface area contributed by atoms with Gasteiger partial charge in [0, 0.05) is 21.4 Å². The quantitative estimate of drug-likeness (QED) is 0.529. The summed E-state index contributed by atoms with van der Waals surface area (Å²) in [5.41, 5.74) is 0.543. The summed E-state index contributed by atoms with van der Waals surface area (Å²) in [4.78, 5) is 11.4. The molecule has 1 aromatic carbocycles. The molecule has 1 N–H and O–H groups in total. The fourth-order valence-electron chi connectivity index (χ4n) is 0.947. The molecule has 0 bridgehead atoms. The number of hydrogen-bond donors (Lipinski definition) is 1. The first kappa shape index (κ1) is 10.8. The van der Waals surface area contributed by atoms with Crippen LogP contribution in [0.3, 0.4) is 0 Å². The van der Waals surface area contributed by atoms with Gasteiger partial charge in [-0.1, -0.05) is 0 Å². The average Bonchev–Trinajstić information content (AvgIpc) is 2.09. The van der Waals surface area contributed by atoms with Gasteiger partial charge in [0.1, 0.15) is 5.75 Å². The third-order valence-electron chi connectivity index (χ3n) is 1.57. The fraction of sp³-hybridized carbons (Fsp3) is 0.222. The van der Waals surface area contributed by atoms with Crippen molar-refractivity contribution >= 4 is 40.0 Å². The lowest BCUT2D eigenvalue weighted by atomic mass is 10.1. The first-order valence-electron chi connectivity index (χ1n) is 3.73. The molecule has 0 unspecified atom stereocenters. The van der Waals surface area contributed by atoms with E-state index in [4.69, 9.17) is 16.7 Å². The predicted octanol–water partition coefficient (Wildman–Crippen LogP) is 2.81. The summed E-state index contributed by atoms with van der Waals surface area (Å²) in [6.07, 6.45) is 0.307. The third kappa shape index (κ3) is 2.84. The Morgan fingerprint density at radius 3 is 2.85 bits per heavy atom. The molecule has 0 fully saturated rings. The normalized spacial score (nSPS) is 10.0. The summed E-state index contributed by atoms with van der Waals surface area (Å²) in [7, 11) is 0. The molecule has 0 aromatic heterocycles. The van der Waals surface area contributed by atoms with Crippen molar-refractivity contribution in [3.8, 4) is 5.75 Å². The SMILES string of the molecule is O=C(CCCl)c1cc(O)ccc1I. The summed E-state index contributed by atoms with van der Waals surface area (Å²) in [6, 6.07) is 4.73. The molecule has 13 heavy (non-hydrogen) atoms. The van der Waals surface area contributed by atoms with Crippen LogP contribution in [0.1, 0.15) is 16.8 Å². The summed E-state index contributed by atoms with van der Waals surface area (Å²) in [5, 5.41) is 9.17. The highest BCUT2D eigenvalue weighted by atomic mass is 127. The molecule has 0 aliphatic rings. The number of rotatable bonds is 3. The van der Waals surface area contributed by atoms with Crippen molar-refractivity contribution in [2.45, 2.75) is 6.42 Å². The molecule has 0 saturated carbocycles. The van der Waals surface area contributed by atoms with Crippen molar-refractivity contribution in [3.05, 3.63) is 27.3 Å². The molecule has 0 atom stereocenters. The summed E-state index contributed by atoms with van der Waals surface area (Å²) >= 11 is 7.51. The van der Waals surface area contributed by atoms with Crippen molar-refractivity contribution < 1.29 is 9.90 Å². The second-order valence-electron chi connectivity index (χ2n) is 2.53. The van der Waals surface area contributed by atoms with Gasteiger partial charge in [-0.25, -0.2) is 0 Å². The number of hydrogen-bond acceptors (Lipinski definition) is 2. The number of phenols is 1. The molecule has 0 saturated heterocycles. The zero-order valence-electron chi connectivity index (χ0n) is 6.76. The van der Waals surface area contributed by atoms with E-state index < -0.39 is 0 Å². The van der Waals surface area contributed by atoms with Gasteiger partial charge in [-0.05, 0) is 40.8 Å². The van der Waals surface area contributed by atoms with E-state index in [9.17, 15) is 4.79 Å². The van der Waals surface area contributed by atoms with E-state index in [-0.39, 0.29) is 11.5 Å². The summed E-state index contributed by atoms with van der Waals surface area (Å²) in [5.74, 6) is 0.388. The molecule has 0 radical (unpaired) electrons. The van der Waals surface area contributed by atoms with E-state index in [1.54, 1.807) is 12.1 Å². The van der Waals surface area contributed by atoms with Crippen LogP contribution in [0.4, 0.5) is 0 Å². The van der Waals surface area contributed by atoms with Crippen LogP contribution < -0.4 is 0 Å². The molecule has 2 nitrogen and oxygen atoms in total. The van der Waals surface area contributed by atoms with Gasteiger partial charge in [0.05, 0.1) is 0 Å². The topological polar surface area (TPSA) is 37.3 Å². The summed E-state index contributed by atoms with van der Waals surface area (Å²) < 4.78 is 0.838. The minimum atomic E-state index is -0.0321. The number of phenolic OH excluding ortho intramolecular Hbond substituents is 1. The van der Waals surface area contributed by atoms with Crippen LogP contribution in [-0.2, 0) is 0 Å². The van der Waals surface area contributed by atoms with Crippen molar-refractivity contribution in [1.82, 2.24) is 0 Å². The smallest absolute Gasteiger partial charge is 0.165 e. The molecule has 0 spiro atoms. The number of aromatic hydroxyl groups is 1. The highest BCUT2D eigenvalue weighted by Crippen LogP contribution is 2.19. The number of alkyl halides is 1. The minimum absolute atomic E-state index is 0.0321. The highest BCUT2D eigenvalue weighted by Gasteiger charge is 2.09. The molecule has 0 aliphatic heterocycles. The van der Waals surface area contributed by atoms with Gasteiger partial charge in [-0.2, -0.15) is 0 Å². The standard InChI is InChI=1S/C9H8ClIO2/c10-4-3-9(13)7-5-6(12)1-2-8(7)11/h1-2,5,12H,3-4H2. The average molecular weight is 311 g/mol. The Kier molecular flexibility index (Phi) is 3.99. The van der Waals surface area contributed by atoms with Gasteiger partial charge in [-0.3, -0.25) is 4.79 Å². The van der Waals surface area contributed by atoms with Crippen molar-refractivity contribution in [3.63, 3.8) is 0 Å². The number of carbonyl (C=O) groups excluding carboxylic acids is 1. The summed E-state index contributed by atoms with van der Waals surface area (Å²) in [6.45, 7) is 0. The van der Waals surface area contributed by atoms with E-state index in [1.165, 1.54) is 6.07 Å². The van der Waals surface area contributed by atoms with Crippen LogP contribution in [0.25, 0.3) is 0 Å². The lowest BCUT2D eigenvalue weighted by Crippen LogP contribution is -2.01. The third-order valence-corrected chi connectivity index (χ3v) is 2.70. The lowest BCUT2D eigenvalue weighted by molar-refractivity contribution is 0.0988. The number of Topliss-reactive ketones (excluding diaryl/α,β-unsaturated/α-hetero) is 1. The Morgan fingerprint density at radius 2 is 2.23 bits per heavy atom. The minimum Gasteiger partial charge on any atom is -0.508 e. The van der Waals surface area contributed by atoms with Crippen molar-refractivity contribution in [2.75, 3.05) is 5.88 Å². The Hall–Kier alpha value is -0.290. The molecule has 0 heterocycles. The maximum absolute atomic E-state index is 11.4. The fourth-order valence-corrected chi connectivity index (χ4v) is 1.76. The number of benzene rings is 1. The Labute approximate surface area is 95.0 Å². The first-order chi connectivity index (χ1) is 6.15. The van der Waals surface area contributed by atoms with Crippen LogP contribution in [0, 0.1) is 3.57 Å². The van der Waals surface area contributed by atoms with E-state index in [0.29, 0.717) is 17.9 Å². The van der Waals surface area contributed by atoms with Gasteiger partial charge in [-0.15, -0.1) is 11.6 Å². The highest BCUT2D eigenvalue weighted by molar-refractivity contribution is 14.1. The molecule has 0 aliphatic carbocycles. The monoisotopic (exact) mass is 310 g/mol. The maximum atomic E-state index is 11.4. The van der Waals surface area contributed by atoms with Gasteiger partial charge >= 0.3 is 0 Å². The van der Waals surface area contributed by atoms with E-state index in [2.05, 4.69) is 22.6 Å². The van der Waals surface area contributed by atoms with E-state index in [1.807, 2.05) is 0 Å². The predicted molar refractivity (Wildman–Crippen MR) is 60.5 cm³/mol. The molecular formula is C9H8ClIO2. The van der Waals surface area contributed by atoms with Crippen LogP contribution in [0.15, 0.2) is 18.2 Å². The second kappa shape index (κ2) is 4.81. The van der Waals surface area contributed by atoms with Crippen molar-refractivity contribution in [1.29, 1.82) is 0 Å². The van der Waals surface area contributed by atoms with Gasteiger partial charge in [0.15, 0.2) is 5.78 Å². The number of carbonyl (C=O) groups is 1. The first-order valence-corrected chi connectivity index (χ1v) is 5.34. The van der Waals surface area contributed by atoms with E-state index >= 15 is 0 Å². The van der Waals surface area contributed by atoms with Crippen LogP contribution in [0.2, 0.25) is 0 Å². The van der Waals surface area contributed by atoms with Crippen molar-refractivity contribution in [2.24, 2.45) is 0 Å². The zero-order chi connectivity index (χ0) is 9.84. The van der Waals surface area contributed by atoms with Crippen LogP contribution in [-0.4, -0.2) is 16.8 Å². The van der Waals surface area contributed by atoms with E-state index in [0.717, 1.165) is 3.57 Å². The molecule has 70 valence electrons. The lowest BCUT2D eigenvalue weighted by Gasteiger charge is -2.02. The number of ketones is 1.